The molecular weight excluding hydrogens is 335 g/mol. The van der Waals surface area contributed by atoms with Crippen molar-refractivity contribution in [3.8, 4) is 5.75 Å². The van der Waals surface area contributed by atoms with Gasteiger partial charge in [-0.1, -0.05) is 60.1 Å². The SMILES string of the molecule is C=CCOC(=O)c1cc(Cl)c(OCc2ccccc2C)c(Cl)c1. The molecule has 0 bridgehead atoms. The molecule has 0 saturated heterocycles. The molecule has 2 aromatic rings. The summed E-state index contributed by atoms with van der Waals surface area (Å²) in [6, 6.07) is 10.8. The quantitative estimate of drug-likeness (QED) is 0.528. The minimum Gasteiger partial charge on any atom is -0.486 e. The number of benzene rings is 2. The molecule has 0 aliphatic carbocycles. The van der Waals surface area contributed by atoms with Crippen LogP contribution in [0.2, 0.25) is 10.0 Å². The van der Waals surface area contributed by atoms with E-state index in [4.69, 9.17) is 32.7 Å². The lowest BCUT2D eigenvalue weighted by Gasteiger charge is -2.12. The van der Waals surface area contributed by atoms with Crippen molar-refractivity contribution in [2.24, 2.45) is 0 Å². The predicted molar refractivity (Wildman–Crippen MR) is 92.5 cm³/mol. The van der Waals surface area contributed by atoms with E-state index >= 15 is 0 Å². The Labute approximate surface area is 145 Å². The second-order valence-corrected chi connectivity index (χ2v) is 5.69. The molecule has 0 atom stereocenters. The molecule has 0 radical (unpaired) electrons. The van der Waals surface area contributed by atoms with Gasteiger partial charge in [-0.3, -0.25) is 0 Å². The van der Waals surface area contributed by atoms with Gasteiger partial charge in [0.05, 0.1) is 15.6 Å². The number of rotatable bonds is 6. The first kappa shape index (κ1) is 17.4. The summed E-state index contributed by atoms with van der Waals surface area (Å²) >= 11 is 12.4. The fourth-order valence-corrected chi connectivity index (χ4v) is 2.55. The summed E-state index contributed by atoms with van der Waals surface area (Å²) in [6.07, 6.45) is 1.49. The van der Waals surface area contributed by atoms with E-state index < -0.39 is 5.97 Å². The van der Waals surface area contributed by atoms with Crippen LogP contribution < -0.4 is 4.74 Å². The topological polar surface area (TPSA) is 35.5 Å². The van der Waals surface area contributed by atoms with Crippen LogP contribution in [0.25, 0.3) is 0 Å². The van der Waals surface area contributed by atoms with Crippen LogP contribution in [-0.2, 0) is 11.3 Å². The fourth-order valence-electron chi connectivity index (χ4n) is 1.96. The fraction of sp³-hybridized carbons (Fsp3) is 0.167. The molecule has 0 heterocycles. The van der Waals surface area contributed by atoms with Crippen molar-refractivity contribution in [1.82, 2.24) is 0 Å². The molecule has 0 aromatic heterocycles. The third-order valence-electron chi connectivity index (χ3n) is 3.20. The molecule has 2 aromatic carbocycles. The summed E-state index contributed by atoms with van der Waals surface area (Å²) in [6.45, 7) is 5.95. The predicted octanol–water partition coefficient (Wildman–Crippen LogP) is 5.22. The van der Waals surface area contributed by atoms with Gasteiger partial charge in [0.25, 0.3) is 0 Å². The van der Waals surface area contributed by atoms with Crippen LogP contribution in [-0.4, -0.2) is 12.6 Å². The van der Waals surface area contributed by atoms with Crippen molar-refractivity contribution in [2.45, 2.75) is 13.5 Å². The zero-order chi connectivity index (χ0) is 16.8. The zero-order valence-electron chi connectivity index (χ0n) is 12.6. The van der Waals surface area contributed by atoms with Crippen LogP contribution in [0.4, 0.5) is 0 Å². The van der Waals surface area contributed by atoms with Crippen molar-refractivity contribution in [1.29, 1.82) is 0 Å². The Morgan fingerprint density at radius 2 is 1.87 bits per heavy atom. The van der Waals surface area contributed by atoms with E-state index in [1.807, 2.05) is 31.2 Å². The molecule has 5 heteroatoms. The molecule has 0 saturated carbocycles. The normalized spacial score (nSPS) is 10.2. The van der Waals surface area contributed by atoms with Crippen molar-refractivity contribution in [3.05, 3.63) is 75.8 Å². The molecule has 3 nitrogen and oxygen atoms in total. The van der Waals surface area contributed by atoms with Gasteiger partial charge in [0.2, 0.25) is 0 Å². The third kappa shape index (κ3) is 4.50. The molecule has 0 spiro atoms. The van der Waals surface area contributed by atoms with Crippen LogP contribution in [0.15, 0.2) is 49.1 Å². The molecule has 0 aliphatic rings. The molecule has 0 aliphatic heterocycles. The summed E-state index contributed by atoms with van der Waals surface area (Å²) in [5.74, 6) is -0.170. The number of esters is 1. The van der Waals surface area contributed by atoms with E-state index in [2.05, 4.69) is 6.58 Å². The van der Waals surface area contributed by atoms with Crippen LogP contribution in [0.5, 0.6) is 5.75 Å². The van der Waals surface area contributed by atoms with Crippen LogP contribution >= 0.6 is 23.2 Å². The van der Waals surface area contributed by atoms with Gasteiger partial charge >= 0.3 is 5.97 Å². The Balaban J connectivity index is 2.16. The summed E-state index contributed by atoms with van der Waals surface area (Å²) < 4.78 is 10.7. The largest absolute Gasteiger partial charge is 0.486 e. The van der Waals surface area contributed by atoms with Crippen molar-refractivity contribution >= 4 is 29.2 Å². The van der Waals surface area contributed by atoms with Gasteiger partial charge in [-0.05, 0) is 30.2 Å². The number of hydrogen-bond acceptors (Lipinski definition) is 3. The van der Waals surface area contributed by atoms with Gasteiger partial charge in [-0.15, -0.1) is 0 Å². The van der Waals surface area contributed by atoms with Gasteiger partial charge in [0.1, 0.15) is 13.2 Å². The van der Waals surface area contributed by atoms with Crippen LogP contribution in [0.3, 0.4) is 0 Å². The second kappa shape index (κ2) is 8.04. The standard InChI is InChI=1S/C18H16Cl2O3/c1-3-8-22-18(21)14-9-15(19)17(16(20)10-14)23-11-13-7-5-4-6-12(13)2/h3-7,9-10H,1,8,11H2,2H3. The summed E-state index contributed by atoms with van der Waals surface area (Å²) in [4.78, 5) is 11.8. The maximum Gasteiger partial charge on any atom is 0.338 e. The number of ether oxygens (including phenoxy) is 2. The molecule has 0 N–H and O–H groups in total. The lowest BCUT2D eigenvalue weighted by Crippen LogP contribution is -2.06. The Morgan fingerprint density at radius 1 is 1.22 bits per heavy atom. The molecule has 0 unspecified atom stereocenters. The Kier molecular flexibility index (Phi) is 6.08. The third-order valence-corrected chi connectivity index (χ3v) is 3.76. The van der Waals surface area contributed by atoms with Crippen LogP contribution in [0, 0.1) is 6.92 Å². The maximum absolute atomic E-state index is 11.8. The van der Waals surface area contributed by atoms with Gasteiger partial charge in [-0.2, -0.15) is 0 Å². The Bertz CT molecular complexity index is 703. The number of carbonyl (C=O) groups excluding carboxylic acids is 1. The minimum absolute atomic E-state index is 0.125. The average molecular weight is 351 g/mol. The zero-order valence-corrected chi connectivity index (χ0v) is 14.2. The van der Waals surface area contributed by atoms with Crippen molar-refractivity contribution < 1.29 is 14.3 Å². The first-order valence-electron chi connectivity index (χ1n) is 6.97. The van der Waals surface area contributed by atoms with E-state index in [0.717, 1.165) is 11.1 Å². The van der Waals surface area contributed by atoms with Gasteiger partial charge in [0, 0.05) is 0 Å². The number of hydrogen-bond donors (Lipinski definition) is 0. The van der Waals surface area contributed by atoms with Gasteiger partial charge in [0.15, 0.2) is 5.75 Å². The Hall–Kier alpha value is -1.97. The van der Waals surface area contributed by atoms with Crippen molar-refractivity contribution in [2.75, 3.05) is 6.61 Å². The monoisotopic (exact) mass is 350 g/mol. The van der Waals surface area contributed by atoms with Gasteiger partial charge < -0.3 is 9.47 Å². The number of aryl methyl sites for hydroxylation is 1. The summed E-state index contributed by atoms with van der Waals surface area (Å²) in [5, 5.41) is 0.522. The van der Waals surface area contributed by atoms with E-state index in [9.17, 15) is 4.79 Å². The molecule has 0 amide bonds. The maximum atomic E-state index is 11.8. The first-order valence-corrected chi connectivity index (χ1v) is 7.73. The van der Waals surface area contributed by atoms with Crippen LogP contribution in [0.1, 0.15) is 21.5 Å². The van der Waals surface area contributed by atoms with E-state index in [-0.39, 0.29) is 22.2 Å². The average Bonchev–Trinajstić information content (AvgIpc) is 2.53. The lowest BCUT2D eigenvalue weighted by atomic mass is 10.1. The smallest absolute Gasteiger partial charge is 0.338 e. The van der Waals surface area contributed by atoms with E-state index in [1.54, 1.807) is 0 Å². The molecule has 120 valence electrons. The number of carbonyl (C=O) groups is 1. The lowest BCUT2D eigenvalue weighted by molar-refractivity contribution is 0.0549. The van der Waals surface area contributed by atoms with E-state index in [1.165, 1.54) is 18.2 Å². The number of halogens is 2. The highest BCUT2D eigenvalue weighted by Gasteiger charge is 2.15. The highest BCUT2D eigenvalue weighted by atomic mass is 35.5. The molecule has 0 fully saturated rings. The van der Waals surface area contributed by atoms with Crippen molar-refractivity contribution in [3.63, 3.8) is 0 Å². The minimum atomic E-state index is -0.515. The highest BCUT2D eigenvalue weighted by molar-refractivity contribution is 6.37. The second-order valence-electron chi connectivity index (χ2n) is 4.87. The van der Waals surface area contributed by atoms with Gasteiger partial charge in [-0.25, -0.2) is 4.79 Å². The molecule has 2 rings (SSSR count). The summed E-state index contributed by atoms with van der Waals surface area (Å²) in [7, 11) is 0. The Morgan fingerprint density at radius 3 is 2.48 bits per heavy atom. The van der Waals surface area contributed by atoms with E-state index in [0.29, 0.717) is 12.4 Å². The summed E-state index contributed by atoms with van der Waals surface area (Å²) in [5.41, 5.74) is 2.42. The first-order chi connectivity index (χ1) is 11.0. The highest BCUT2D eigenvalue weighted by Crippen LogP contribution is 2.35. The molecule has 23 heavy (non-hydrogen) atoms. The molecular formula is C18H16Cl2O3.